The van der Waals surface area contributed by atoms with Crippen LogP contribution in [0.2, 0.25) is 10.0 Å². The van der Waals surface area contributed by atoms with Crippen LogP contribution < -0.4 is 5.32 Å². The number of aromatic nitrogens is 4. The first kappa shape index (κ1) is 17.1. The minimum Gasteiger partial charge on any atom is -0.378 e. The molecule has 132 valence electrons. The lowest BCUT2D eigenvalue weighted by Gasteiger charge is -2.04. The number of nitrogens with zero attached hydrogens (tertiary/aromatic N) is 4. The highest BCUT2D eigenvalue weighted by Gasteiger charge is 2.17. The van der Waals surface area contributed by atoms with E-state index < -0.39 is 5.82 Å². The van der Waals surface area contributed by atoms with Gasteiger partial charge in [-0.1, -0.05) is 34.5 Å². The summed E-state index contributed by atoms with van der Waals surface area (Å²) in [6.07, 6.45) is 0. The molecule has 2 aromatic heterocycles. The van der Waals surface area contributed by atoms with Gasteiger partial charge >= 0.3 is 0 Å². The topological polar surface area (TPSA) is 55.1 Å². The minimum absolute atomic E-state index is 0.0676. The summed E-state index contributed by atoms with van der Waals surface area (Å²) in [5, 5.41) is 16.6. The summed E-state index contributed by atoms with van der Waals surface area (Å²) in [5.74, 6) is -0.577. The summed E-state index contributed by atoms with van der Waals surface area (Å²) >= 11 is 13.2. The third-order valence-electron chi connectivity index (χ3n) is 3.57. The average molecular weight is 412 g/mol. The molecule has 4 aromatic rings. The fourth-order valence-electron chi connectivity index (χ4n) is 2.34. The van der Waals surface area contributed by atoms with Gasteiger partial charge in [-0.25, -0.2) is 8.78 Å². The van der Waals surface area contributed by atoms with Gasteiger partial charge in [0.05, 0.1) is 16.6 Å². The zero-order chi connectivity index (χ0) is 18.3. The van der Waals surface area contributed by atoms with E-state index >= 15 is 0 Å². The highest BCUT2D eigenvalue weighted by atomic mass is 35.5. The molecular weight excluding hydrogens is 403 g/mol. The van der Waals surface area contributed by atoms with E-state index in [1.54, 1.807) is 12.1 Å². The molecule has 0 aliphatic carbocycles. The van der Waals surface area contributed by atoms with Gasteiger partial charge in [-0.15, -0.1) is 10.2 Å². The molecule has 1 N–H and O–H groups in total. The number of nitrogens with one attached hydrogen (secondary N) is 1. The molecule has 4 rings (SSSR count). The Morgan fingerprint density at radius 1 is 1.04 bits per heavy atom. The van der Waals surface area contributed by atoms with Gasteiger partial charge in [0, 0.05) is 11.3 Å². The lowest BCUT2D eigenvalue weighted by atomic mass is 10.2. The van der Waals surface area contributed by atoms with Crippen LogP contribution in [0.5, 0.6) is 0 Å². The summed E-state index contributed by atoms with van der Waals surface area (Å²) in [6, 6.07) is 8.54. The van der Waals surface area contributed by atoms with Gasteiger partial charge < -0.3 is 5.32 Å². The monoisotopic (exact) mass is 411 g/mol. The second-order valence-corrected chi connectivity index (χ2v) is 7.18. The molecular formula is C16H9Cl2F2N5S. The fourth-order valence-corrected chi connectivity index (χ4v) is 3.58. The van der Waals surface area contributed by atoms with E-state index in [1.165, 1.54) is 40.1 Å². The van der Waals surface area contributed by atoms with Crippen molar-refractivity contribution in [2.75, 3.05) is 5.32 Å². The zero-order valence-corrected chi connectivity index (χ0v) is 15.2. The molecule has 26 heavy (non-hydrogen) atoms. The molecule has 0 spiro atoms. The lowest BCUT2D eigenvalue weighted by molar-refractivity contribution is 0.628. The molecule has 0 amide bonds. The number of anilines is 1. The predicted octanol–water partition coefficient (Wildman–Crippen LogP) is 5.05. The Morgan fingerprint density at radius 2 is 1.81 bits per heavy atom. The summed E-state index contributed by atoms with van der Waals surface area (Å²) < 4.78 is 28.2. The van der Waals surface area contributed by atoms with Gasteiger partial charge in [0.25, 0.3) is 0 Å². The second kappa shape index (κ2) is 6.79. The van der Waals surface area contributed by atoms with E-state index in [0.717, 1.165) is 10.7 Å². The first-order valence-electron chi connectivity index (χ1n) is 7.37. The van der Waals surface area contributed by atoms with Crippen molar-refractivity contribution in [3.05, 3.63) is 63.1 Å². The molecule has 2 heterocycles. The van der Waals surface area contributed by atoms with Crippen LogP contribution in [0.15, 0.2) is 36.4 Å². The van der Waals surface area contributed by atoms with Crippen molar-refractivity contribution in [2.24, 2.45) is 0 Å². The van der Waals surface area contributed by atoms with Gasteiger partial charge in [-0.2, -0.15) is 9.61 Å². The third kappa shape index (κ3) is 3.23. The lowest BCUT2D eigenvalue weighted by Crippen LogP contribution is -2.00. The van der Waals surface area contributed by atoms with Crippen LogP contribution in [0.25, 0.3) is 16.3 Å². The summed E-state index contributed by atoms with van der Waals surface area (Å²) in [7, 11) is 0. The molecule has 0 atom stereocenters. The van der Waals surface area contributed by atoms with Gasteiger partial charge in [0.15, 0.2) is 5.82 Å². The van der Waals surface area contributed by atoms with Crippen molar-refractivity contribution in [2.45, 2.75) is 6.54 Å². The molecule has 5 nitrogen and oxygen atoms in total. The van der Waals surface area contributed by atoms with Crippen LogP contribution >= 0.6 is 34.5 Å². The number of halogens is 4. The molecule has 0 radical (unpaired) electrons. The maximum absolute atomic E-state index is 13.8. The number of hydrogen-bond donors (Lipinski definition) is 1. The molecule has 0 bridgehead atoms. The van der Waals surface area contributed by atoms with Crippen molar-refractivity contribution in [3.8, 4) is 11.4 Å². The van der Waals surface area contributed by atoms with Crippen LogP contribution in [0.4, 0.5) is 14.5 Å². The van der Waals surface area contributed by atoms with Crippen LogP contribution in [0, 0.1) is 11.6 Å². The smallest absolute Gasteiger partial charge is 0.235 e. The van der Waals surface area contributed by atoms with Gasteiger partial charge in [0.1, 0.15) is 16.6 Å². The Bertz CT molecular complexity index is 1090. The number of hydrogen-bond acceptors (Lipinski definition) is 5. The van der Waals surface area contributed by atoms with E-state index in [4.69, 9.17) is 23.2 Å². The summed E-state index contributed by atoms with van der Waals surface area (Å²) in [4.78, 5) is 0.544. The van der Waals surface area contributed by atoms with Crippen LogP contribution in [-0.4, -0.2) is 19.8 Å². The van der Waals surface area contributed by atoms with Crippen molar-refractivity contribution >= 4 is 45.2 Å². The summed E-state index contributed by atoms with van der Waals surface area (Å²) in [6.45, 7) is 0.418. The van der Waals surface area contributed by atoms with Crippen molar-refractivity contribution in [3.63, 3.8) is 0 Å². The molecule has 0 fully saturated rings. The highest BCUT2D eigenvalue weighted by Crippen LogP contribution is 2.32. The van der Waals surface area contributed by atoms with Crippen molar-refractivity contribution < 1.29 is 8.78 Å². The quantitative estimate of drug-likeness (QED) is 0.477. The van der Waals surface area contributed by atoms with Gasteiger partial charge in [-0.3, -0.25) is 0 Å². The van der Waals surface area contributed by atoms with Crippen molar-refractivity contribution in [1.29, 1.82) is 0 Å². The number of benzene rings is 2. The Hall–Kier alpha value is -2.29. The Balaban J connectivity index is 1.63. The fraction of sp³-hybridized carbons (Fsp3) is 0.0625. The van der Waals surface area contributed by atoms with Gasteiger partial charge in [-0.05, 0) is 36.4 Å². The molecule has 0 saturated carbocycles. The molecule has 10 heteroatoms. The molecule has 0 aliphatic rings. The predicted molar refractivity (Wildman–Crippen MR) is 97.8 cm³/mol. The normalized spacial score (nSPS) is 11.2. The highest BCUT2D eigenvalue weighted by molar-refractivity contribution is 7.16. The largest absolute Gasteiger partial charge is 0.378 e. The minimum atomic E-state index is -0.601. The van der Waals surface area contributed by atoms with Crippen LogP contribution in [-0.2, 0) is 6.54 Å². The first-order valence-corrected chi connectivity index (χ1v) is 8.94. The van der Waals surface area contributed by atoms with Gasteiger partial charge in [0.2, 0.25) is 4.96 Å². The Kier molecular flexibility index (Phi) is 4.47. The van der Waals surface area contributed by atoms with E-state index in [-0.39, 0.29) is 15.9 Å². The maximum Gasteiger partial charge on any atom is 0.235 e. The first-order chi connectivity index (χ1) is 12.5. The molecule has 2 aromatic carbocycles. The van der Waals surface area contributed by atoms with E-state index in [1.807, 2.05) is 0 Å². The second-order valence-electron chi connectivity index (χ2n) is 5.32. The molecule has 0 aliphatic heterocycles. The maximum atomic E-state index is 13.8. The average Bonchev–Trinajstić information content (AvgIpc) is 3.18. The SMILES string of the molecule is Fc1ccc(NCc2nn3c(-c4cc(F)c(Cl)cc4Cl)nnc3s2)cc1. The van der Waals surface area contributed by atoms with Crippen LogP contribution in [0.3, 0.4) is 0 Å². The number of fused-ring (bicyclic) bond motifs is 1. The number of rotatable bonds is 4. The Labute approximate surface area is 160 Å². The van der Waals surface area contributed by atoms with E-state index in [2.05, 4.69) is 20.6 Å². The standard InChI is InChI=1S/C16H9Cl2F2N5S/c17-11-6-12(18)13(20)5-10(11)15-22-23-16-25(15)24-14(26-16)7-21-9-3-1-8(19)2-4-9/h1-6,21H,7H2. The van der Waals surface area contributed by atoms with E-state index in [0.29, 0.717) is 22.9 Å². The summed E-state index contributed by atoms with van der Waals surface area (Å²) in [5.41, 5.74) is 1.12. The van der Waals surface area contributed by atoms with Crippen LogP contribution in [0.1, 0.15) is 5.01 Å². The Morgan fingerprint density at radius 3 is 2.58 bits per heavy atom. The van der Waals surface area contributed by atoms with Crippen molar-refractivity contribution in [1.82, 2.24) is 19.8 Å². The zero-order valence-electron chi connectivity index (χ0n) is 12.9. The molecule has 0 saturated heterocycles. The van der Waals surface area contributed by atoms with E-state index in [9.17, 15) is 8.78 Å². The third-order valence-corrected chi connectivity index (χ3v) is 5.07. The molecule has 0 unspecified atom stereocenters.